The summed E-state index contributed by atoms with van der Waals surface area (Å²) in [7, 11) is -4.40. The van der Waals surface area contributed by atoms with Gasteiger partial charge in [-0.1, -0.05) is 12.1 Å². The van der Waals surface area contributed by atoms with Crippen LogP contribution in [0.15, 0.2) is 41.3 Å². The van der Waals surface area contributed by atoms with Gasteiger partial charge in [-0.25, -0.2) is 8.42 Å². The fourth-order valence-corrected chi connectivity index (χ4v) is 3.14. The Morgan fingerprint density at radius 2 is 1.62 bits per heavy atom. The van der Waals surface area contributed by atoms with Crippen LogP contribution in [-0.2, 0) is 10.1 Å². The minimum atomic E-state index is -4.40. The van der Waals surface area contributed by atoms with Gasteiger partial charge < -0.3 is 9.29 Å². The van der Waals surface area contributed by atoms with E-state index in [9.17, 15) is 13.0 Å². The van der Waals surface area contributed by atoms with Gasteiger partial charge in [-0.3, -0.25) is 0 Å². The number of benzene rings is 2. The molecule has 0 radical (unpaired) electrons. The van der Waals surface area contributed by atoms with Crippen molar-refractivity contribution in [3.63, 3.8) is 0 Å². The molecule has 1 saturated carbocycles. The standard InChI is InChI=1S/C15H16O4S.Na/c16-20(17,18)15-8-6-11-9-14(7-5-12(11)10-15)19-13-3-1-2-4-13;/h5-10,13H,1-4H2,(H,16,17,18);/q;+1/p-1. The van der Waals surface area contributed by atoms with Crippen LogP contribution in [0.25, 0.3) is 10.8 Å². The molecule has 1 fully saturated rings. The molecule has 0 amide bonds. The predicted octanol–water partition coefficient (Wildman–Crippen LogP) is 0.0693. The summed E-state index contributed by atoms with van der Waals surface area (Å²) in [6.45, 7) is 0. The summed E-state index contributed by atoms with van der Waals surface area (Å²) in [5.74, 6) is 0.794. The van der Waals surface area contributed by atoms with Crippen molar-refractivity contribution in [1.82, 2.24) is 0 Å². The van der Waals surface area contributed by atoms with Gasteiger partial charge in [-0.15, -0.1) is 0 Å². The second-order valence-electron chi connectivity index (χ2n) is 5.15. The smallest absolute Gasteiger partial charge is 0.744 e. The first-order valence-corrected chi connectivity index (χ1v) is 8.09. The third-order valence-electron chi connectivity index (χ3n) is 3.68. The predicted molar refractivity (Wildman–Crippen MR) is 74.8 cm³/mol. The third-order valence-corrected chi connectivity index (χ3v) is 4.51. The molecule has 106 valence electrons. The van der Waals surface area contributed by atoms with Crippen LogP contribution in [0, 0.1) is 0 Å². The van der Waals surface area contributed by atoms with Crippen LogP contribution in [0.1, 0.15) is 25.7 Å². The molecule has 3 rings (SSSR count). The molecule has 2 aromatic rings. The summed E-state index contributed by atoms with van der Waals surface area (Å²) in [6.07, 6.45) is 4.89. The van der Waals surface area contributed by atoms with Gasteiger partial charge in [0.25, 0.3) is 0 Å². The van der Waals surface area contributed by atoms with E-state index in [1.807, 2.05) is 12.1 Å². The topological polar surface area (TPSA) is 66.4 Å². The van der Waals surface area contributed by atoms with Crippen LogP contribution >= 0.6 is 0 Å². The van der Waals surface area contributed by atoms with Crippen LogP contribution in [0.4, 0.5) is 0 Å². The molecule has 0 saturated heterocycles. The van der Waals surface area contributed by atoms with E-state index in [1.165, 1.54) is 25.0 Å². The Hall–Kier alpha value is -0.590. The van der Waals surface area contributed by atoms with Crippen molar-refractivity contribution in [2.45, 2.75) is 36.7 Å². The van der Waals surface area contributed by atoms with E-state index in [0.717, 1.165) is 29.4 Å². The maximum atomic E-state index is 11.0. The molecule has 0 unspecified atom stereocenters. The molecular formula is C15H15NaO4S. The second kappa shape index (κ2) is 6.67. The van der Waals surface area contributed by atoms with Crippen LogP contribution in [0.3, 0.4) is 0 Å². The fraction of sp³-hybridized carbons (Fsp3) is 0.333. The van der Waals surface area contributed by atoms with E-state index < -0.39 is 10.1 Å². The zero-order valence-electron chi connectivity index (χ0n) is 11.9. The summed E-state index contributed by atoms with van der Waals surface area (Å²) in [5.41, 5.74) is 0. The minimum absolute atomic E-state index is 0. The molecule has 21 heavy (non-hydrogen) atoms. The van der Waals surface area contributed by atoms with Gasteiger partial charge in [-0.2, -0.15) is 0 Å². The van der Waals surface area contributed by atoms with Gasteiger partial charge in [-0.05, 0) is 60.7 Å². The fourth-order valence-electron chi connectivity index (χ4n) is 2.63. The molecule has 0 atom stereocenters. The molecule has 0 N–H and O–H groups in total. The third kappa shape index (κ3) is 3.99. The van der Waals surface area contributed by atoms with Crippen molar-refractivity contribution < 1.29 is 47.3 Å². The van der Waals surface area contributed by atoms with Crippen molar-refractivity contribution in [3.8, 4) is 5.75 Å². The zero-order chi connectivity index (χ0) is 14.2. The van der Waals surface area contributed by atoms with Gasteiger partial charge >= 0.3 is 29.6 Å². The van der Waals surface area contributed by atoms with E-state index in [2.05, 4.69) is 0 Å². The summed E-state index contributed by atoms with van der Waals surface area (Å²) < 4.78 is 38.9. The van der Waals surface area contributed by atoms with E-state index in [-0.39, 0.29) is 40.6 Å². The van der Waals surface area contributed by atoms with Crippen molar-refractivity contribution in [2.75, 3.05) is 0 Å². The SMILES string of the molecule is O=S(=O)([O-])c1ccc2cc(OC3CCCC3)ccc2c1.[Na+]. The summed E-state index contributed by atoms with van der Waals surface area (Å²) in [6, 6.07) is 9.87. The number of ether oxygens (including phenoxy) is 1. The maximum Gasteiger partial charge on any atom is 1.00 e. The average Bonchev–Trinajstić information content (AvgIpc) is 2.90. The first-order valence-electron chi connectivity index (χ1n) is 6.69. The molecule has 0 bridgehead atoms. The number of rotatable bonds is 3. The van der Waals surface area contributed by atoms with Crippen molar-refractivity contribution in [3.05, 3.63) is 36.4 Å². The van der Waals surface area contributed by atoms with Crippen LogP contribution < -0.4 is 34.3 Å². The van der Waals surface area contributed by atoms with Gasteiger partial charge in [0.1, 0.15) is 15.9 Å². The van der Waals surface area contributed by atoms with Gasteiger partial charge in [0, 0.05) is 0 Å². The van der Waals surface area contributed by atoms with Crippen LogP contribution in [0.5, 0.6) is 5.75 Å². The zero-order valence-corrected chi connectivity index (χ0v) is 14.7. The Labute approximate surface area is 146 Å². The second-order valence-corrected chi connectivity index (χ2v) is 6.53. The first kappa shape index (κ1) is 16.8. The largest absolute Gasteiger partial charge is 1.00 e. The Kier molecular flexibility index (Phi) is 5.33. The Bertz CT molecular complexity index is 736. The van der Waals surface area contributed by atoms with Crippen molar-refractivity contribution >= 4 is 20.9 Å². The maximum absolute atomic E-state index is 11.0. The van der Waals surface area contributed by atoms with E-state index in [0.29, 0.717) is 0 Å². The monoisotopic (exact) mass is 314 g/mol. The van der Waals surface area contributed by atoms with Crippen molar-refractivity contribution in [1.29, 1.82) is 0 Å². The summed E-state index contributed by atoms with van der Waals surface area (Å²) in [5, 5.41) is 1.59. The number of hydrogen-bond acceptors (Lipinski definition) is 4. The summed E-state index contributed by atoms with van der Waals surface area (Å²) in [4.78, 5) is -0.200. The Morgan fingerprint density at radius 3 is 2.29 bits per heavy atom. The molecule has 1 aliphatic rings. The average molecular weight is 314 g/mol. The number of hydrogen-bond donors (Lipinski definition) is 0. The molecule has 4 nitrogen and oxygen atoms in total. The molecule has 0 heterocycles. The van der Waals surface area contributed by atoms with Crippen LogP contribution in [0.2, 0.25) is 0 Å². The quantitative estimate of drug-likeness (QED) is 0.594. The van der Waals surface area contributed by atoms with Crippen molar-refractivity contribution in [2.24, 2.45) is 0 Å². The van der Waals surface area contributed by atoms with E-state index in [1.54, 1.807) is 12.1 Å². The first-order chi connectivity index (χ1) is 9.52. The normalized spacial score (nSPS) is 15.9. The minimum Gasteiger partial charge on any atom is -0.744 e. The molecular weight excluding hydrogens is 299 g/mol. The molecule has 6 heteroatoms. The molecule has 2 aromatic carbocycles. The molecule has 1 aliphatic carbocycles. The number of fused-ring (bicyclic) bond motifs is 1. The van der Waals surface area contributed by atoms with Crippen LogP contribution in [-0.4, -0.2) is 19.1 Å². The molecule has 0 spiro atoms. The van der Waals surface area contributed by atoms with Gasteiger partial charge in [0.15, 0.2) is 0 Å². The van der Waals surface area contributed by atoms with E-state index in [4.69, 9.17) is 4.74 Å². The van der Waals surface area contributed by atoms with Gasteiger partial charge in [0.05, 0.1) is 11.0 Å². The summed E-state index contributed by atoms with van der Waals surface area (Å²) >= 11 is 0. The Morgan fingerprint density at radius 1 is 1.00 bits per heavy atom. The Balaban J connectivity index is 0.00000161. The molecule has 0 aliphatic heterocycles. The molecule has 0 aromatic heterocycles. The van der Waals surface area contributed by atoms with E-state index >= 15 is 0 Å². The van der Waals surface area contributed by atoms with Gasteiger partial charge in [0.2, 0.25) is 0 Å².